The number of anilines is 3. The second kappa shape index (κ2) is 5.90. The number of aromatic nitrogens is 2. The fourth-order valence-electron chi connectivity index (χ4n) is 1.61. The lowest BCUT2D eigenvalue weighted by Crippen LogP contribution is -1.99. The highest BCUT2D eigenvalue weighted by Crippen LogP contribution is 2.30. The number of methoxy groups -OCH3 is 2. The predicted octanol–water partition coefficient (Wildman–Crippen LogP) is 2.28. The van der Waals surface area contributed by atoms with Crippen LogP contribution in [-0.2, 0) is 0 Å². The van der Waals surface area contributed by atoms with E-state index >= 15 is 0 Å². The maximum Gasteiger partial charge on any atom is 0.162 e. The van der Waals surface area contributed by atoms with Crippen molar-refractivity contribution in [1.29, 1.82) is 0 Å². The highest BCUT2D eigenvalue weighted by molar-refractivity contribution is 5.61. The van der Waals surface area contributed by atoms with Gasteiger partial charge in [0, 0.05) is 18.8 Å². The average Bonchev–Trinajstić information content (AvgIpc) is 2.47. The van der Waals surface area contributed by atoms with Crippen LogP contribution >= 0.6 is 0 Å². The lowest BCUT2D eigenvalue weighted by atomic mass is 10.2. The molecular formula is C13H16N4O2. The van der Waals surface area contributed by atoms with Crippen molar-refractivity contribution in [2.75, 3.05) is 31.9 Å². The van der Waals surface area contributed by atoms with Crippen LogP contribution in [0.4, 0.5) is 17.3 Å². The summed E-state index contributed by atoms with van der Waals surface area (Å²) < 4.78 is 10.4. The second-order valence-corrected chi connectivity index (χ2v) is 3.73. The third kappa shape index (κ3) is 3.04. The summed E-state index contributed by atoms with van der Waals surface area (Å²) in [4.78, 5) is 8.41. The van der Waals surface area contributed by atoms with Crippen LogP contribution in [0.15, 0.2) is 30.6 Å². The summed E-state index contributed by atoms with van der Waals surface area (Å²) >= 11 is 0. The first-order chi connectivity index (χ1) is 9.26. The van der Waals surface area contributed by atoms with Gasteiger partial charge in [-0.2, -0.15) is 0 Å². The molecule has 0 amide bonds. The first kappa shape index (κ1) is 12.9. The van der Waals surface area contributed by atoms with Gasteiger partial charge in [-0.15, -0.1) is 0 Å². The van der Waals surface area contributed by atoms with Gasteiger partial charge in [0.05, 0.1) is 26.6 Å². The highest BCUT2D eigenvalue weighted by atomic mass is 16.5. The molecule has 0 spiro atoms. The minimum atomic E-state index is 0.652. The molecule has 0 saturated heterocycles. The van der Waals surface area contributed by atoms with E-state index in [-0.39, 0.29) is 0 Å². The Labute approximate surface area is 111 Å². The van der Waals surface area contributed by atoms with Gasteiger partial charge in [0.1, 0.15) is 5.82 Å². The zero-order valence-electron chi connectivity index (χ0n) is 11.1. The Balaban J connectivity index is 2.22. The van der Waals surface area contributed by atoms with Gasteiger partial charge in [-0.1, -0.05) is 0 Å². The van der Waals surface area contributed by atoms with Crippen LogP contribution in [0.5, 0.6) is 11.5 Å². The molecule has 0 aliphatic rings. The molecule has 1 aromatic carbocycles. The standard InChI is InChI=1S/C13H16N4O2/c1-14-12-7-15-8-13(17-12)16-9-4-5-10(18-2)11(6-9)19-3/h4-8H,1-3H3,(H2,14,16,17). The number of ether oxygens (including phenoxy) is 2. The molecule has 100 valence electrons. The van der Waals surface area contributed by atoms with Crippen LogP contribution in [0.3, 0.4) is 0 Å². The summed E-state index contributed by atoms with van der Waals surface area (Å²) in [5.41, 5.74) is 0.847. The number of nitrogens with one attached hydrogen (secondary N) is 2. The van der Waals surface area contributed by atoms with Crippen LogP contribution in [0.25, 0.3) is 0 Å². The van der Waals surface area contributed by atoms with E-state index in [0.717, 1.165) is 5.69 Å². The third-order valence-corrected chi connectivity index (χ3v) is 2.55. The molecule has 6 nitrogen and oxygen atoms in total. The SMILES string of the molecule is CNc1cncc(Nc2ccc(OC)c(OC)c2)n1. The van der Waals surface area contributed by atoms with E-state index in [9.17, 15) is 0 Å². The van der Waals surface area contributed by atoms with E-state index in [1.807, 2.05) is 18.2 Å². The van der Waals surface area contributed by atoms with E-state index < -0.39 is 0 Å². The molecule has 0 aliphatic heterocycles. The van der Waals surface area contributed by atoms with Crippen molar-refractivity contribution in [2.24, 2.45) is 0 Å². The summed E-state index contributed by atoms with van der Waals surface area (Å²) in [6, 6.07) is 5.55. The Morgan fingerprint density at radius 1 is 1.00 bits per heavy atom. The van der Waals surface area contributed by atoms with Gasteiger partial charge < -0.3 is 20.1 Å². The predicted molar refractivity (Wildman–Crippen MR) is 74.4 cm³/mol. The van der Waals surface area contributed by atoms with E-state index in [4.69, 9.17) is 9.47 Å². The molecule has 0 atom stereocenters. The Kier molecular flexibility index (Phi) is 4.02. The van der Waals surface area contributed by atoms with Crippen LogP contribution in [0.2, 0.25) is 0 Å². The van der Waals surface area contributed by atoms with Crippen molar-refractivity contribution in [3.8, 4) is 11.5 Å². The molecule has 0 saturated carbocycles. The number of benzene rings is 1. The smallest absolute Gasteiger partial charge is 0.162 e. The molecule has 0 unspecified atom stereocenters. The minimum Gasteiger partial charge on any atom is -0.493 e. The van der Waals surface area contributed by atoms with Gasteiger partial charge in [-0.3, -0.25) is 4.98 Å². The van der Waals surface area contributed by atoms with Crippen molar-refractivity contribution >= 4 is 17.3 Å². The topological polar surface area (TPSA) is 68.3 Å². The molecule has 2 rings (SSSR count). The zero-order valence-corrected chi connectivity index (χ0v) is 11.1. The number of rotatable bonds is 5. The molecule has 1 aromatic heterocycles. The van der Waals surface area contributed by atoms with Crippen LogP contribution in [0, 0.1) is 0 Å². The zero-order chi connectivity index (χ0) is 13.7. The Morgan fingerprint density at radius 2 is 1.74 bits per heavy atom. The molecule has 0 radical (unpaired) electrons. The quantitative estimate of drug-likeness (QED) is 0.859. The maximum atomic E-state index is 5.25. The molecule has 0 fully saturated rings. The Bertz CT molecular complexity index is 560. The lowest BCUT2D eigenvalue weighted by molar-refractivity contribution is 0.355. The van der Waals surface area contributed by atoms with Gasteiger partial charge in [0.2, 0.25) is 0 Å². The minimum absolute atomic E-state index is 0.652. The summed E-state index contributed by atoms with van der Waals surface area (Å²) in [5, 5.41) is 6.09. The fraction of sp³-hybridized carbons (Fsp3) is 0.231. The molecule has 6 heteroatoms. The van der Waals surface area contributed by atoms with Crippen molar-refractivity contribution in [3.05, 3.63) is 30.6 Å². The third-order valence-electron chi connectivity index (χ3n) is 2.55. The molecule has 0 aliphatic carbocycles. The summed E-state index contributed by atoms with van der Waals surface area (Å²) in [6.45, 7) is 0. The molecule has 2 aromatic rings. The van der Waals surface area contributed by atoms with Gasteiger partial charge in [0.25, 0.3) is 0 Å². The van der Waals surface area contributed by atoms with Gasteiger partial charge in [-0.25, -0.2) is 4.98 Å². The largest absolute Gasteiger partial charge is 0.493 e. The van der Waals surface area contributed by atoms with Gasteiger partial charge in [-0.05, 0) is 12.1 Å². The van der Waals surface area contributed by atoms with E-state index in [2.05, 4.69) is 20.6 Å². The molecule has 1 heterocycles. The number of hydrogen-bond acceptors (Lipinski definition) is 6. The molecule has 2 N–H and O–H groups in total. The van der Waals surface area contributed by atoms with Crippen molar-refractivity contribution in [2.45, 2.75) is 0 Å². The van der Waals surface area contributed by atoms with E-state index in [1.54, 1.807) is 33.7 Å². The fourth-order valence-corrected chi connectivity index (χ4v) is 1.61. The van der Waals surface area contributed by atoms with Crippen LogP contribution in [0.1, 0.15) is 0 Å². The second-order valence-electron chi connectivity index (χ2n) is 3.73. The normalized spacial score (nSPS) is 9.84. The first-order valence-electron chi connectivity index (χ1n) is 5.75. The van der Waals surface area contributed by atoms with Gasteiger partial charge in [0.15, 0.2) is 17.3 Å². The number of hydrogen-bond donors (Lipinski definition) is 2. The van der Waals surface area contributed by atoms with Crippen molar-refractivity contribution in [1.82, 2.24) is 9.97 Å². The first-order valence-corrected chi connectivity index (χ1v) is 5.75. The van der Waals surface area contributed by atoms with E-state index in [0.29, 0.717) is 23.1 Å². The van der Waals surface area contributed by atoms with Crippen LogP contribution in [-0.4, -0.2) is 31.2 Å². The Morgan fingerprint density at radius 3 is 2.42 bits per heavy atom. The Hall–Kier alpha value is -2.50. The van der Waals surface area contributed by atoms with E-state index in [1.165, 1.54) is 0 Å². The monoisotopic (exact) mass is 260 g/mol. The molecular weight excluding hydrogens is 244 g/mol. The summed E-state index contributed by atoms with van der Waals surface area (Å²) in [5.74, 6) is 2.69. The summed E-state index contributed by atoms with van der Waals surface area (Å²) in [6.07, 6.45) is 3.30. The highest BCUT2D eigenvalue weighted by Gasteiger charge is 2.05. The van der Waals surface area contributed by atoms with Crippen molar-refractivity contribution < 1.29 is 9.47 Å². The van der Waals surface area contributed by atoms with Crippen molar-refractivity contribution in [3.63, 3.8) is 0 Å². The molecule has 0 bridgehead atoms. The number of nitrogens with zero attached hydrogens (tertiary/aromatic N) is 2. The van der Waals surface area contributed by atoms with Crippen LogP contribution < -0.4 is 20.1 Å². The van der Waals surface area contributed by atoms with Gasteiger partial charge >= 0.3 is 0 Å². The maximum absolute atomic E-state index is 5.25. The lowest BCUT2D eigenvalue weighted by Gasteiger charge is -2.11. The summed E-state index contributed by atoms with van der Waals surface area (Å²) in [7, 11) is 5.00. The molecule has 19 heavy (non-hydrogen) atoms. The average molecular weight is 260 g/mol.